The van der Waals surface area contributed by atoms with Crippen molar-refractivity contribution >= 4 is 39.2 Å². The molecular formula is C24H27N3O3S2. The Kier molecular flexibility index (Phi) is 6.35. The van der Waals surface area contributed by atoms with Gasteiger partial charge >= 0.3 is 0 Å². The van der Waals surface area contributed by atoms with Gasteiger partial charge in [0.15, 0.2) is 5.16 Å². The molecule has 6 nitrogen and oxygen atoms in total. The first-order chi connectivity index (χ1) is 15.7. The van der Waals surface area contributed by atoms with Crippen LogP contribution in [-0.4, -0.2) is 46.7 Å². The number of nitrogens with zero attached hydrogens (tertiary/aromatic N) is 3. The van der Waals surface area contributed by atoms with Gasteiger partial charge in [0.1, 0.15) is 10.1 Å². The van der Waals surface area contributed by atoms with Gasteiger partial charge in [-0.2, -0.15) is 0 Å². The molecule has 8 heteroatoms. The molecule has 5 rings (SSSR count). The van der Waals surface area contributed by atoms with Crippen LogP contribution in [0.25, 0.3) is 10.2 Å². The molecule has 1 fully saturated rings. The van der Waals surface area contributed by atoms with Crippen LogP contribution in [0.3, 0.4) is 0 Å². The Morgan fingerprint density at radius 1 is 1.19 bits per heavy atom. The van der Waals surface area contributed by atoms with Gasteiger partial charge in [-0.25, -0.2) is 4.98 Å². The van der Waals surface area contributed by atoms with E-state index in [0.29, 0.717) is 38.0 Å². The minimum Gasteiger partial charge on any atom is -0.378 e. The fourth-order valence-electron chi connectivity index (χ4n) is 4.53. The summed E-state index contributed by atoms with van der Waals surface area (Å²) in [5, 5.41) is 0.969. The molecule has 0 bridgehead atoms. The van der Waals surface area contributed by atoms with E-state index in [1.54, 1.807) is 15.9 Å². The number of benzene rings is 1. The fraction of sp³-hybridized carbons (Fsp3) is 0.458. The average molecular weight is 470 g/mol. The SMILES string of the molecule is CCn1c(SC(C(=O)N2CCOCC2)c2ccccc2)nc2sc3c(c2c1=O)CCCC3. The van der Waals surface area contributed by atoms with Gasteiger partial charge in [-0.3, -0.25) is 14.2 Å². The highest BCUT2D eigenvalue weighted by atomic mass is 32.2. The molecule has 0 saturated carbocycles. The predicted octanol–water partition coefficient (Wildman–Crippen LogP) is 4.05. The minimum absolute atomic E-state index is 0.0324. The molecule has 2 aliphatic rings. The topological polar surface area (TPSA) is 64.4 Å². The van der Waals surface area contributed by atoms with E-state index < -0.39 is 5.25 Å². The molecule has 2 aromatic heterocycles. The van der Waals surface area contributed by atoms with Crippen molar-refractivity contribution in [2.24, 2.45) is 0 Å². The van der Waals surface area contributed by atoms with E-state index in [0.717, 1.165) is 35.0 Å². The van der Waals surface area contributed by atoms with Gasteiger partial charge in [-0.1, -0.05) is 42.1 Å². The quantitative estimate of drug-likeness (QED) is 0.417. The van der Waals surface area contributed by atoms with Crippen LogP contribution >= 0.6 is 23.1 Å². The number of morpholine rings is 1. The van der Waals surface area contributed by atoms with E-state index in [-0.39, 0.29) is 11.5 Å². The van der Waals surface area contributed by atoms with Crippen LogP contribution in [0.2, 0.25) is 0 Å². The molecule has 1 atom stereocenters. The lowest BCUT2D eigenvalue weighted by molar-refractivity contribution is -0.134. The number of hydrogen-bond donors (Lipinski definition) is 0. The Bertz CT molecular complexity index is 1180. The first kappa shape index (κ1) is 21.7. The Morgan fingerprint density at radius 3 is 2.69 bits per heavy atom. The van der Waals surface area contributed by atoms with Crippen molar-refractivity contribution in [1.82, 2.24) is 14.5 Å². The van der Waals surface area contributed by atoms with E-state index in [4.69, 9.17) is 9.72 Å². The molecule has 168 valence electrons. The summed E-state index contributed by atoms with van der Waals surface area (Å²) in [4.78, 5) is 36.0. The highest BCUT2D eigenvalue weighted by Gasteiger charge is 2.30. The van der Waals surface area contributed by atoms with Gasteiger partial charge < -0.3 is 9.64 Å². The second-order valence-corrected chi connectivity index (χ2v) is 10.3. The van der Waals surface area contributed by atoms with Crippen LogP contribution in [0.15, 0.2) is 40.3 Å². The van der Waals surface area contributed by atoms with Gasteiger partial charge in [0.2, 0.25) is 5.91 Å². The monoisotopic (exact) mass is 469 g/mol. The van der Waals surface area contributed by atoms with Gasteiger partial charge in [0.25, 0.3) is 5.56 Å². The lowest BCUT2D eigenvalue weighted by Gasteiger charge is -2.30. The maximum absolute atomic E-state index is 13.5. The van der Waals surface area contributed by atoms with Crippen LogP contribution in [0.4, 0.5) is 0 Å². The van der Waals surface area contributed by atoms with E-state index in [9.17, 15) is 9.59 Å². The molecule has 3 heterocycles. The Hall–Kier alpha value is -2.16. The summed E-state index contributed by atoms with van der Waals surface area (Å²) in [5.41, 5.74) is 2.16. The zero-order valence-corrected chi connectivity index (χ0v) is 19.8. The third-order valence-corrected chi connectivity index (χ3v) is 8.65. The Morgan fingerprint density at radius 2 is 1.94 bits per heavy atom. The standard InChI is InChI=1S/C24H27N3O3S2/c1-2-27-22(28)19-17-10-6-7-11-18(17)31-21(19)25-24(27)32-20(16-8-4-3-5-9-16)23(29)26-12-14-30-15-13-26/h3-5,8-9,20H,2,6-7,10-15H2,1H3. The highest BCUT2D eigenvalue weighted by Crippen LogP contribution is 2.39. The lowest BCUT2D eigenvalue weighted by Crippen LogP contribution is -2.42. The number of carbonyl (C=O) groups excluding carboxylic acids is 1. The van der Waals surface area contributed by atoms with E-state index >= 15 is 0 Å². The molecule has 0 radical (unpaired) electrons. The number of thiophene rings is 1. The van der Waals surface area contributed by atoms with Crippen molar-refractivity contribution in [3.05, 3.63) is 56.7 Å². The summed E-state index contributed by atoms with van der Waals surface area (Å²) in [6.07, 6.45) is 4.30. The average Bonchev–Trinajstić information content (AvgIpc) is 3.22. The van der Waals surface area contributed by atoms with Crippen molar-refractivity contribution in [2.75, 3.05) is 26.3 Å². The van der Waals surface area contributed by atoms with Gasteiger partial charge in [-0.05, 0) is 43.7 Å². The van der Waals surface area contributed by atoms with Gasteiger partial charge in [0.05, 0.1) is 18.6 Å². The first-order valence-corrected chi connectivity index (χ1v) is 13.0. The third-order valence-electron chi connectivity index (χ3n) is 6.23. The first-order valence-electron chi connectivity index (χ1n) is 11.3. The van der Waals surface area contributed by atoms with Crippen LogP contribution in [0, 0.1) is 0 Å². The number of amides is 1. The number of aromatic nitrogens is 2. The molecule has 1 amide bonds. The molecule has 1 unspecified atom stereocenters. The van der Waals surface area contributed by atoms with Crippen molar-refractivity contribution in [2.45, 2.75) is 49.6 Å². The molecule has 0 spiro atoms. The van der Waals surface area contributed by atoms with Crippen molar-refractivity contribution in [3.63, 3.8) is 0 Å². The molecule has 0 N–H and O–H groups in total. The second kappa shape index (κ2) is 9.37. The van der Waals surface area contributed by atoms with Crippen LogP contribution in [-0.2, 0) is 28.9 Å². The number of rotatable bonds is 5. The predicted molar refractivity (Wildman–Crippen MR) is 129 cm³/mol. The lowest BCUT2D eigenvalue weighted by atomic mass is 9.97. The number of ether oxygens (including phenoxy) is 1. The van der Waals surface area contributed by atoms with Crippen LogP contribution in [0.1, 0.15) is 41.0 Å². The van der Waals surface area contributed by atoms with Crippen LogP contribution in [0.5, 0.6) is 0 Å². The summed E-state index contributed by atoms with van der Waals surface area (Å²) >= 11 is 3.05. The van der Waals surface area contributed by atoms with Gasteiger partial charge in [-0.15, -0.1) is 11.3 Å². The number of hydrogen-bond acceptors (Lipinski definition) is 6. The summed E-state index contributed by atoms with van der Waals surface area (Å²) in [5.74, 6) is 0.0481. The number of fused-ring (bicyclic) bond motifs is 3. The number of carbonyl (C=O) groups is 1. The van der Waals surface area contributed by atoms with E-state index in [1.807, 2.05) is 42.2 Å². The van der Waals surface area contributed by atoms with Crippen LogP contribution < -0.4 is 5.56 Å². The zero-order valence-electron chi connectivity index (χ0n) is 18.2. The van der Waals surface area contributed by atoms with Crippen molar-refractivity contribution < 1.29 is 9.53 Å². The molecule has 3 aromatic rings. The highest BCUT2D eigenvalue weighted by molar-refractivity contribution is 8.00. The van der Waals surface area contributed by atoms with Crippen molar-refractivity contribution in [3.8, 4) is 0 Å². The Labute approximate surface area is 195 Å². The maximum Gasteiger partial charge on any atom is 0.263 e. The molecule has 1 aliphatic carbocycles. The van der Waals surface area contributed by atoms with E-state index in [2.05, 4.69) is 0 Å². The molecular weight excluding hydrogens is 442 g/mol. The number of aryl methyl sites for hydroxylation is 2. The normalized spacial score (nSPS) is 17.3. The smallest absolute Gasteiger partial charge is 0.263 e. The summed E-state index contributed by atoms with van der Waals surface area (Å²) in [7, 11) is 0. The van der Waals surface area contributed by atoms with Crippen molar-refractivity contribution in [1.29, 1.82) is 0 Å². The van der Waals surface area contributed by atoms with Gasteiger partial charge in [0, 0.05) is 24.5 Å². The third kappa shape index (κ3) is 4.00. The van der Waals surface area contributed by atoms with E-state index in [1.165, 1.54) is 28.6 Å². The largest absolute Gasteiger partial charge is 0.378 e. The summed E-state index contributed by atoms with van der Waals surface area (Å²) in [6, 6.07) is 9.81. The fourth-order valence-corrected chi connectivity index (χ4v) is 7.08. The minimum atomic E-state index is -0.453. The molecule has 1 aromatic carbocycles. The summed E-state index contributed by atoms with van der Waals surface area (Å²) < 4.78 is 7.18. The molecule has 1 saturated heterocycles. The molecule has 32 heavy (non-hydrogen) atoms. The second-order valence-electron chi connectivity index (χ2n) is 8.18. The summed E-state index contributed by atoms with van der Waals surface area (Å²) in [6.45, 7) is 4.80. The zero-order chi connectivity index (χ0) is 22.1. The maximum atomic E-state index is 13.5. The Balaban J connectivity index is 1.57. The number of thioether (sulfide) groups is 1. The molecule has 1 aliphatic heterocycles.